The van der Waals surface area contributed by atoms with Gasteiger partial charge in [-0.2, -0.15) is 0 Å². The molecule has 0 spiro atoms. The number of benzene rings is 1. The van der Waals surface area contributed by atoms with Gasteiger partial charge in [-0.15, -0.1) is 0 Å². The number of hydrogen-bond acceptors (Lipinski definition) is 2. The first-order valence-electron chi connectivity index (χ1n) is 5.08. The second kappa shape index (κ2) is 4.51. The van der Waals surface area contributed by atoms with Crippen molar-refractivity contribution >= 4 is 28.9 Å². The summed E-state index contributed by atoms with van der Waals surface area (Å²) in [6.07, 6.45) is 1.57. The molecule has 1 aromatic heterocycles. The summed E-state index contributed by atoms with van der Waals surface area (Å²) < 4.78 is 0. The topological polar surface area (TPSA) is 70.9 Å². The minimum Gasteiger partial charge on any atom is -0.397 e. The zero-order chi connectivity index (χ0) is 12.4. The van der Waals surface area contributed by atoms with Crippen molar-refractivity contribution in [3.63, 3.8) is 0 Å². The van der Waals surface area contributed by atoms with E-state index in [1.807, 2.05) is 6.92 Å². The van der Waals surface area contributed by atoms with Crippen LogP contribution in [0, 0.1) is 6.92 Å². The Labute approximate surface area is 104 Å². The second-order valence-electron chi connectivity index (χ2n) is 3.71. The number of halogens is 1. The van der Waals surface area contributed by atoms with Crippen LogP contribution in [0.15, 0.2) is 30.5 Å². The van der Waals surface area contributed by atoms with Gasteiger partial charge >= 0.3 is 0 Å². The van der Waals surface area contributed by atoms with Gasteiger partial charge in [0.1, 0.15) is 5.69 Å². The number of nitrogens with one attached hydrogen (secondary N) is 2. The maximum atomic E-state index is 11.8. The molecule has 1 amide bonds. The van der Waals surface area contributed by atoms with Crippen LogP contribution < -0.4 is 11.1 Å². The third kappa shape index (κ3) is 2.42. The number of anilines is 2. The molecule has 1 aromatic carbocycles. The van der Waals surface area contributed by atoms with Crippen LogP contribution in [0.3, 0.4) is 0 Å². The lowest BCUT2D eigenvalue weighted by Gasteiger charge is -2.08. The molecule has 0 atom stereocenters. The molecule has 1 heterocycles. The average Bonchev–Trinajstić information content (AvgIpc) is 2.72. The van der Waals surface area contributed by atoms with E-state index in [0.29, 0.717) is 22.1 Å². The van der Waals surface area contributed by atoms with Gasteiger partial charge in [0.2, 0.25) is 0 Å². The van der Waals surface area contributed by atoms with Crippen molar-refractivity contribution in [3.05, 3.63) is 46.7 Å². The van der Waals surface area contributed by atoms with Crippen molar-refractivity contribution in [3.8, 4) is 0 Å². The van der Waals surface area contributed by atoms with Crippen molar-refractivity contribution in [2.24, 2.45) is 0 Å². The van der Waals surface area contributed by atoms with E-state index in [2.05, 4.69) is 10.3 Å². The molecular weight excluding hydrogens is 238 g/mol. The molecule has 4 N–H and O–H groups in total. The summed E-state index contributed by atoms with van der Waals surface area (Å²) >= 11 is 5.97. The maximum absolute atomic E-state index is 11.8. The molecule has 17 heavy (non-hydrogen) atoms. The summed E-state index contributed by atoms with van der Waals surface area (Å²) in [6.45, 7) is 1.85. The van der Waals surface area contributed by atoms with Crippen LogP contribution in [0.1, 0.15) is 16.1 Å². The minimum absolute atomic E-state index is 0.243. The standard InChI is InChI=1S/C12H12ClN3O/c1-7-9(13)3-2-4-10(7)16-12(17)11-5-8(14)6-15-11/h2-6,15H,14H2,1H3,(H,16,17). The van der Waals surface area contributed by atoms with Crippen LogP contribution in [0.25, 0.3) is 0 Å². The van der Waals surface area contributed by atoms with Gasteiger partial charge in [0, 0.05) is 22.6 Å². The fourth-order valence-electron chi connectivity index (χ4n) is 1.47. The van der Waals surface area contributed by atoms with E-state index in [1.54, 1.807) is 30.5 Å². The molecule has 0 unspecified atom stereocenters. The lowest BCUT2D eigenvalue weighted by molar-refractivity contribution is 0.102. The molecule has 0 bridgehead atoms. The van der Waals surface area contributed by atoms with Crippen LogP contribution in [-0.2, 0) is 0 Å². The van der Waals surface area contributed by atoms with Gasteiger partial charge in [-0.05, 0) is 30.7 Å². The smallest absolute Gasteiger partial charge is 0.272 e. The number of nitrogen functional groups attached to an aromatic ring is 1. The molecule has 4 nitrogen and oxygen atoms in total. The van der Waals surface area contributed by atoms with E-state index in [4.69, 9.17) is 17.3 Å². The summed E-state index contributed by atoms with van der Waals surface area (Å²) in [7, 11) is 0. The van der Waals surface area contributed by atoms with E-state index in [-0.39, 0.29) is 5.91 Å². The first-order valence-corrected chi connectivity index (χ1v) is 5.46. The van der Waals surface area contributed by atoms with Crippen molar-refractivity contribution in [1.82, 2.24) is 4.98 Å². The van der Waals surface area contributed by atoms with E-state index in [9.17, 15) is 4.79 Å². The maximum Gasteiger partial charge on any atom is 0.272 e. The van der Waals surface area contributed by atoms with E-state index in [0.717, 1.165) is 5.56 Å². The van der Waals surface area contributed by atoms with Crippen LogP contribution in [0.5, 0.6) is 0 Å². The van der Waals surface area contributed by atoms with E-state index in [1.165, 1.54) is 0 Å². The molecule has 0 aliphatic heterocycles. The number of aromatic nitrogens is 1. The van der Waals surface area contributed by atoms with Gasteiger partial charge in [0.25, 0.3) is 5.91 Å². The number of aromatic amines is 1. The molecule has 2 rings (SSSR count). The molecule has 2 aromatic rings. The van der Waals surface area contributed by atoms with Crippen LogP contribution in [0.2, 0.25) is 5.02 Å². The number of carbonyl (C=O) groups excluding carboxylic acids is 1. The number of carbonyl (C=O) groups is 1. The van der Waals surface area contributed by atoms with Crippen molar-refractivity contribution < 1.29 is 4.79 Å². The van der Waals surface area contributed by atoms with Crippen LogP contribution in [-0.4, -0.2) is 10.9 Å². The molecule has 88 valence electrons. The summed E-state index contributed by atoms with van der Waals surface area (Å²) in [5.74, 6) is -0.243. The number of amides is 1. The van der Waals surface area contributed by atoms with Gasteiger partial charge in [0.05, 0.1) is 0 Å². The zero-order valence-corrected chi connectivity index (χ0v) is 10.0. The van der Waals surface area contributed by atoms with Crippen molar-refractivity contribution in [2.45, 2.75) is 6.92 Å². The zero-order valence-electron chi connectivity index (χ0n) is 9.25. The highest BCUT2D eigenvalue weighted by atomic mass is 35.5. The Balaban J connectivity index is 2.21. The van der Waals surface area contributed by atoms with Gasteiger partial charge < -0.3 is 16.0 Å². The molecule has 0 fully saturated rings. The first-order chi connectivity index (χ1) is 8.08. The quantitative estimate of drug-likeness (QED) is 0.766. The molecule has 0 radical (unpaired) electrons. The molecule has 0 saturated heterocycles. The number of H-pyrrole nitrogens is 1. The Bertz CT molecular complexity index is 563. The minimum atomic E-state index is -0.243. The van der Waals surface area contributed by atoms with E-state index < -0.39 is 0 Å². The SMILES string of the molecule is Cc1c(Cl)cccc1NC(=O)c1cc(N)c[nH]1. The molecule has 0 saturated carbocycles. The monoisotopic (exact) mass is 249 g/mol. The predicted molar refractivity (Wildman–Crippen MR) is 69.3 cm³/mol. The number of nitrogens with two attached hydrogens (primary N) is 1. The molecular formula is C12H12ClN3O. The highest BCUT2D eigenvalue weighted by Gasteiger charge is 2.10. The van der Waals surface area contributed by atoms with Crippen molar-refractivity contribution in [2.75, 3.05) is 11.1 Å². The fraction of sp³-hybridized carbons (Fsp3) is 0.0833. The van der Waals surface area contributed by atoms with Crippen molar-refractivity contribution in [1.29, 1.82) is 0 Å². The summed E-state index contributed by atoms with van der Waals surface area (Å²) in [5.41, 5.74) is 8.00. The normalized spacial score (nSPS) is 10.2. The Morgan fingerprint density at radius 3 is 2.88 bits per heavy atom. The largest absolute Gasteiger partial charge is 0.397 e. The summed E-state index contributed by atoms with van der Waals surface area (Å²) in [5, 5.41) is 3.39. The Hall–Kier alpha value is -1.94. The van der Waals surface area contributed by atoms with Gasteiger partial charge in [0.15, 0.2) is 0 Å². The molecule has 5 heteroatoms. The lowest BCUT2D eigenvalue weighted by Crippen LogP contribution is -2.13. The lowest BCUT2D eigenvalue weighted by atomic mass is 10.2. The van der Waals surface area contributed by atoms with E-state index >= 15 is 0 Å². The third-order valence-corrected chi connectivity index (χ3v) is 2.88. The van der Waals surface area contributed by atoms with Gasteiger partial charge in [-0.25, -0.2) is 0 Å². The van der Waals surface area contributed by atoms with Crippen LogP contribution in [0.4, 0.5) is 11.4 Å². The Morgan fingerprint density at radius 1 is 1.47 bits per heavy atom. The Kier molecular flexibility index (Phi) is 3.06. The van der Waals surface area contributed by atoms with Gasteiger partial charge in [-0.1, -0.05) is 17.7 Å². The molecule has 0 aliphatic rings. The van der Waals surface area contributed by atoms with Crippen LogP contribution >= 0.6 is 11.6 Å². The number of hydrogen-bond donors (Lipinski definition) is 3. The highest BCUT2D eigenvalue weighted by molar-refractivity contribution is 6.31. The second-order valence-corrected chi connectivity index (χ2v) is 4.12. The molecule has 0 aliphatic carbocycles. The van der Waals surface area contributed by atoms with Gasteiger partial charge in [-0.3, -0.25) is 4.79 Å². The third-order valence-electron chi connectivity index (χ3n) is 2.47. The summed E-state index contributed by atoms with van der Waals surface area (Å²) in [4.78, 5) is 14.6. The highest BCUT2D eigenvalue weighted by Crippen LogP contribution is 2.23. The summed E-state index contributed by atoms with van der Waals surface area (Å²) in [6, 6.07) is 6.94. The predicted octanol–water partition coefficient (Wildman–Crippen LogP) is 2.81. The first kappa shape index (κ1) is 11.5. The fourth-order valence-corrected chi connectivity index (χ4v) is 1.65. The average molecular weight is 250 g/mol. The Morgan fingerprint density at radius 2 is 2.24 bits per heavy atom. The number of rotatable bonds is 2.